The van der Waals surface area contributed by atoms with E-state index in [1.54, 1.807) is 18.1 Å². The predicted octanol–water partition coefficient (Wildman–Crippen LogP) is 6.72. The van der Waals surface area contributed by atoms with Crippen molar-refractivity contribution in [1.29, 1.82) is 0 Å². The average molecular weight is 593 g/mol. The molecule has 0 atom stereocenters. The number of nitrogens with zero attached hydrogens (tertiary/aromatic N) is 2. The molecule has 0 aromatic heterocycles. The van der Waals surface area contributed by atoms with E-state index in [9.17, 15) is 14.3 Å². The highest BCUT2D eigenvalue weighted by atomic mass is 35.5. The van der Waals surface area contributed by atoms with E-state index in [-0.39, 0.29) is 10.9 Å². The molecule has 39 heavy (non-hydrogen) atoms. The van der Waals surface area contributed by atoms with Crippen LogP contribution >= 0.6 is 34.8 Å². The van der Waals surface area contributed by atoms with Crippen molar-refractivity contribution in [3.05, 3.63) is 80.5 Å². The molecular weight excluding hydrogens is 564 g/mol. The van der Waals surface area contributed by atoms with Gasteiger partial charge in [0.15, 0.2) is 0 Å². The van der Waals surface area contributed by atoms with Crippen LogP contribution in [-0.4, -0.2) is 43.4 Å². The van der Waals surface area contributed by atoms with Gasteiger partial charge in [0.1, 0.15) is 11.6 Å². The quantitative estimate of drug-likeness (QED) is 0.298. The molecule has 2 aliphatic rings. The van der Waals surface area contributed by atoms with Gasteiger partial charge in [0, 0.05) is 43.4 Å². The van der Waals surface area contributed by atoms with Gasteiger partial charge in [0.2, 0.25) is 5.91 Å². The minimum atomic E-state index is -0.965. The van der Waals surface area contributed by atoms with E-state index in [0.717, 1.165) is 22.6 Å². The fourth-order valence-corrected chi connectivity index (χ4v) is 6.03. The number of fused-ring (bicyclic) bond motifs is 1. The Morgan fingerprint density at radius 2 is 1.72 bits per heavy atom. The SMILES string of the molecule is COc1ccc(CN2C(=O)CCc3c(NCC4(O)CCN(c5cc(F)c(Cl)cc5Cl)CC4)ccc(Cl)c32)cc1. The number of benzene rings is 3. The molecule has 0 radical (unpaired) electrons. The van der Waals surface area contributed by atoms with Crippen LogP contribution in [0.25, 0.3) is 0 Å². The van der Waals surface area contributed by atoms with E-state index in [1.807, 2.05) is 35.2 Å². The molecule has 2 aliphatic heterocycles. The molecule has 1 amide bonds. The van der Waals surface area contributed by atoms with E-state index in [1.165, 1.54) is 12.1 Å². The number of carbonyl (C=O) groups is 1. The summed E-state index contributed by atoms with van der Waals surface area (Å²) in [4.78, 5) is 16.6. The highest BCUT2D eigenvalue weighted by Gasteiger charge is 2.34. The molecule has 206 valence electrons. The summed E-state index contributed by atoms with van der Waals surface area (Å²) in [5, 5.41) is 15.6. The molecule has 10 heteroatoms. The summed E-state index contributed by atoms with van der Waals surface area (Å²) in [6, 6.07) is 14.0. The second-order valence-electron chi connectivity index (χ2n) is 10.0. The summed E-state index contributed by atoms with van der Waals surface area (Å²) in [5.41, 5.74) is 3.08. The monoisotopic (exact) mass is 591 g/mol. The third-order valence-corrected chi connectivity index (χ3v) is 8.42. The molecule has 2 N–H and O–H groups in total. The molecule has 1 saturated heterocycles. The van der Waals surface area contributed by atoms with Crippen LogP contribution in [0.3, 0.4) is 0 Å². The number of amides is 1. The molecule has 1 fully saturated rings. The Morgan fingerprint density at radius 1 is 1.00 bits per heavy atom. The highest BCUT2D eigenvalue weighted by Crippen LogP contribution is 2.41. The number of hydrogen-bond donors (Lipinski definition) is 2. The number of nitrogens with one attached hydrogen (secondary N) is 1. The number of rotatable bonds is 7. The number of piperidine rings is 1. The number of hydrogen-bond acceptors (Lipinski definition) is 5. The van der Waals surface area contributed by atoms with Crippen molar-refractivity contribution in [2.45, 2.75) is 37.8 Å². The number of methoxy groups -OCH3 is 1. The molecule has 0 aliphatic carbocycles. The summed E-state index contributed by atoms with van der Waals surface area (Å²) in [6.07, 6.45) is 1.87. The highest BCUT2D eigenvalue weighted by molar-refractivity contribution is 6.36. The van der Waals surface area contributed by atoms with Gasteiger partial charge in [0.25, 0.3) is 0 Å². The van der Waals surface area contributed by atoms with Crippen LogP contribution in [0.15, 0.2) is 48.5 Å². The molecular formula is C29H29Cl3FN3O3. The molecule has 5 rings (SSSR count). The van der Waals surface area contributed by atoms with Crippen LogP contribution in [0.5, 0.6) is 5.75 Å². The third-order valence-electron chi connectivity index (χ3n) is 7.53. The molecule has 0 saturated carbocycles. The molecule has 0 bridgehead atoms. The summed E-state index contributed by atoms with van der Waals surface area (Å²) in [5.74, 6) is 0.243. The number of carbonyl (C=O) groups excluding carboxylic acids is 1. The Labute approximate surface area is 242 Å². The first-order valence-corrected chi connectivity index (χ1v) is 13.9. The largest absolute Gasteiger partial charge is 0.497 e. The van der Waals surface area contributed by atoms with Gasteiger partial charge in [-0.3, -0.25) is 4.79 Å². The molecule has 0 unspecified atom stereocenters. The van der Waals surface area contributed by atoms with E-state index in [0.29, 0.717) is 73.3 Å². The third kappa shape index (κ3) is 5.92. The molecule has 6 nitrogen and oxygen atoms in total. The molecule has 3 aromatic carbocycles. The fourth-order valence-electron chi connectivity index (χ4n) is 5.25. The molecule has 0 spiro atoms. The van der Waals surface area contributed by atoms with Gasteiger partial charge in [0.05, 0.1) is 45.7 Å². The van der Waals surface area contributed by atoms with Crippen LogP contribution in [0.2, 0.25) is 15.1 Å². The minimum absolute atomic E-state index is 0.0145. The van der Waals surface area contributed by atoms with Crippen LogP contribution in [0, 0.1) is 5.82 Å². The Kier molecular flexibility index (Phi) is 8.15. The smallest absolute Gasteiger partial charge is 0.227 e. The van der Waals surface area contributed by atoms with Crippen LogP contribution in [0.1, 0.15) is 30.4 Å². The normalized spacial score (nSPS) is 16.7. The van der Waals surface area contributed by atoms with E-state index in [4.69, 9.17) is 39.5 Å². The minimum Gasteiger partial charge on any atom is -0.497 e. The van der Waals surface area contributed by atoms with Crippen LogP contribution in [0.4, 0.5) is 21.5 Å². The van der Waals surface area contributed by atoms with Crippen molar-refractivity contribution in [2.24, 2.45) is 0 Å². The maximum Gasteiger partial charge on any atom is 0.227 e. The molecule has 3 aromatic rings. The van der Waals surface area contributed by atoms with Gasteiger partial charge < -0.3 is 25.0 Å². The topological polar surface area (TPSA) is 65.0 Å². The lowest BCUT2D eigenvalue weighted by Gasteiger charge is -2.40. The number of anilines is 3. The second-order valence-corrected chi connectivity index (χ2v) is 11.3. The Balaban J connectivity index is 1.29. The lowest BCUT2D eigenvalue weighted by molar-refractivity contribution is -0.119. The number of ether oxygens (including phenoxy) is 1. The maximum absolute atomic E-state index is 14.0. The van der Waals surface area contributed by atoms with Gasteiger partial charge in [-0.25, -0.2) is 4.39 Å². The fraction of sp³-hybridized carbons (Fsp3) is 0.345. The van der Waals surface area contributed by atoms with Crippen molar-refractivity contribution in [3.63, 3.8) is 0 Å². The average Bonchev–Trinajstić information content (AvgIpc) is 2.93. The Morgan fingerprint density at radius 3 is 2.41 bits per heavy atom. The van der Waals surface area contributed by atoms with Gasteiger partial charge in [-0.05, 0) is 55.2 Å². The zero-order chi connectivity index (χ0) is 27.7. The zero-order valence-corrected chi connectivity index (χ0v) is 23.7. The van der Waals surface area contributed by atoms with Gasteiger partial charge in [-0.1, -0.05) is 46.9 Å². The summed E-state index contributed by atoms with van der Waals surface area (Å²) in [6.45, 7) is 1.75. The second kappa shape index (κ2) is 11.4. The standard InChI is InChI=1S/C29H29Cl3FN3O3/c1-39-19-4-2-18(3-5-19)16-36-27(37)9-6-20-25(8-7-21(30)28(20)36)34-17-29(38)10-12-35(13-11-29)26-15-24(33)22(31)14-23(26)32/h2-5,7-8,14-15,34,38H,6,9-13,16-17H2,1H3. The number of halogens is 4. The Hall–Kier alpha value is -2.71. The summed E-state index contributed by atoms with van der Waals surface area (Å²) in [7, 11) is 1.62. The Bertz CT molecular complexity index is 1380. The zero-order valence-electron chi connectivity index (χ0n) is 21.4. The summed E-state index contributed by atoms with van der Waals surface area (Å²) < 4.78 is 19.3. The van der Waals surface area contributed by atoms with Gasteiger partial charge in [-0.2, -0.15) is 0 Å². The van der Waals surface area contributed by atoms with Crippen molar-refractivity contribution < 1.29 is 19.0 Å². The maximum atomic E-state index is 14.0. The number of aliphatic hydroxyl groups is 1. The summed E-state index contributed by atoms with van der Waals surface area (Å²) >= 11 is 18.8. The first kappa shape index (κ1) is 27.8. The first-order valence-electron chi connectivity index (χ1n) is 12.8. The van der Waals surface area contributed by atoms with E-state index < -0.39 is 11.4 Å². The molecule has 2 heterocycles. The predicted molar refractivity (Wildman–Crippen MR) is 155 cm³/mol. The van der Waals surface area contributed by atoms with Crippen molar-refractivity contribution in [3.8, 4) is 5.75 Å². The van der Waals surface area contributed by atoms with Crippen LogP contribution < -0.4 is 19.9 Å². The van der Waals surface area contributed by atoms with Crippen LogP contribution in [-0.2, 0) is 17.8 Å². The lowest BCUT2D eigenvalue weighted by Crippen LogP contribution is -2.48. The first-order chi connectivity index (χ1) is 18.7. The lowest BCUT2D eigenvalue weighted by atomic mass is 9.90. The van der Waals surface area contributed by atoms with E-state index >= 15 is 0 Å². The van der Waals surface area contributed by atoms with Gasteiger partial charge in [-0.15, -0.1) is 0 Å². The van der Waals surface area contributed by atoms with Crippen molar-refractivity contribution in [1.82, 2.24) is 0 Å². The van der Waals surface area contributed by atoms with Gasteiger partial charge >= 0.3 is 0 Å². The van der Waals surface area contributed by atoms with Crippen molar-refractivity contribution in [2.75, 3.05) is 41.9 Å². The van der Waals surface area contributed by atoms with E-state index in [2.05, 4.69) is 5.32 Å². The van der Waals surface area contributed by atoms with Crippen molar-refractivity contribution >= 4 is 57.8 Å².